The lowest BCUT2D eigenvalue weighted by Crippen LogP contribution is -2.37. The van der Waals surface area contributed by atoms with Crippen molar-refractivity contribution >= 4 is 46.2 Å². The van der Waals surface area contributed by atoms with Crippen LogP contribution >= 0.6 is 23.2 Å². The molecule has 3 aromatic rings. The van der Waals surface area contributed by atoms with Crippen LogP contribution in [0, 0.1) is 0 Å². The van der Waals surface area contributed by atoms with E-state index in [0.717, 1.165) is 5.56 Å². The topological polar surface area (TPSA) is 98.7 Å². The van der Waals surface area contributed by atoms with E-state index in [1.807, 2.05) is 6.92 Å². The molecular weight excluding hydrogens is 441 g/mol. The number of anilines is 3. The number of benzene rings is 2. The van der Waals surface area contributed by atoms with Crippen LogP contribution in [0.5, 0.6) is 5.75 Å². The molecule has 9 heteroatoms. The van der Waals surface area contributed by atoms with Gasteiger partial charge in [-0.3, -0.25) is 14.4 Å². The normalized spacial score (nSPS) is 11.9. The van der Waals surface area contributed by atoms with E-state index in [1.165, 1.54) is 17.0 Å². The number of nitrogens with one attached hydrogen (secondary N) is 2. The monoisotopic (exact) mass is 461 g/mol. The van der Waals surface area contributed by atoms with Crippen molar-refractivity contribution < 1.29 is 9.90 Å². The molecule has 0 spiro atoms. The van der Waals surface area contributed by atoms with Gasteiger partial charge in [0, 0.05) is 14.1 Å². The van der Waals surface area contributed by atoms with E-state index in [2.05, 4.69) is 10.6 Å². The number of nitrogens with zero attached hydrogens (tertiary/aromatic N) is 1. The van der Waals surface area contributed by atoms with Gasteiger partial charge in [0.1, 0.15) is 11.4 Å². The number of aromatic hydroxyl groups is 1. The Balaban J connectivity index is 1.91. The van der Waals surface area contributed by atoms with Gasteiger partial charge in [-0.25, -0.2) is 0 Å². The average Bonchev–Trinajstić information content (AvgIpc) is 2.75. The lowest BCUT2D eigenvalue weighted by molar-refractivity contribution is 0.0824. The maximum atomic E-state index is 12.2. The van der Waals surface area contributed by atoms with Crippen molar-refractivity contribution in [3.8, 4) is 5.75 Å². The third kappa shape index (κ3) is 4.38. The van der Waals surface area contributed by atoms with Gasteiger partial charge in [0.05, 0.1) is 27.3 Å². The molecule has 162 valence electrons. The van der Waals surface area contributed by atoms with Crippen molar-refractivity contribution in [3.63, 3.8) is 0 Å². The molecule has 0 saturated carbocycles. The van der Waals surface area contributed by atoms with Crippen molar-refractivity contribution in [2.24, 2.45) is 0 Å². The highest BCUT2D eigenvalue weighted by atomic mass is 35.5. The van der Waals surface area contributed by atoms with Crippen LogP contribution in [0.4, 0.5) is 17.1 Å². The van der Waals surface area contributed by atoms with Gasteiger partial charge in [-0.1, -0.05) is 42.3 Å². The van der Waals surface area contributed by atoms with Crippen LogP contribution in [0.3, 0.4) is 0 Å². The summed E-state index contributed by atoms with van der Waals surface area (Å²) in [7, 11) is 3.13. The summed E-state index contributed by atoms with van der Waals surface area (Å²) in [6.45, 7) is 1.92. The van der Waals surface area contributed by atoms with E-state index in [4.69, 9.17) is 23.2 Å². The van der Waals surface area contributed by atoms with E-state index in [9.17, 15) is 19.5 Å². The zero-order valence-corrected chi connectivity index (χ0v) is 18.6. The highest BCUT2D eigenvalue weighted by Crippen LogP contribution is 2.34. The molecule has 0 aliphatic heterocycles. The van der Waals surface area contributed by atoms with Gasteiger partial charge in [-0.2, -0.15) is 0 Å². The lowest BCUT2D eigenvalue weighted by Gasteiger charge is -2.23. The molecule has 0 radical (unpaired) electrons. The number of phenols is 1. The minimum atomic E-state index is -0.713. The molecule has 31 heavy (non-hydrogen) atoms. The van der Waals surface area contributed by atoms with Crippen LogP contribution in [0.2, 0.25) is 10.0 Å². The van der Waals surface area contributed by atoms with Crippen molar-refractivity contribution in [1.29, 1.82) is 0 Å². The Morgan fingerprint density at radius 1 is 1.06 bits per heavy atom. The van der Waals surface area contributed by atoms with Crippen molar-refractivity contribution in [3.05, 3.63) is 78.0 Å². The SMILES string of the molecule is CCC(Nc1c(Nc2cccc(C(=O)N(C)C)c2O)c(=O)c1=O)c1ccc(Cl)c(Cl)c1. The summed E-state index contributed by atoms with van der Waals surface area (Å²) in [4.78, 5) is 38.0. The van der Waals surface area contributed by atoms with Gasteiger partial charge >= 0.3 is 0 Å². The van der Waals surface area contributed by atoms with Crippen LogP contribution in [-0.2, 0) is 0 Å². The minimum Gasteiger partial charge on any atom is -0.505 e. The van der Waals surface area contributed by atoms with Crippen LogP contribution in [0.1, 0.15) is 35.3 Å². The molecule has 0 bridgehead atoms. The van der Waals surface area contributed by atoms with E-state index in [1.54, 1.807) is 38.4 Å². The fraction of sp³-hybridized carbons (Fsp3) is 0.227. The van der Waals surface area contributed by atoms with Gasteiger partial charge in [0.15, 0.2) is 5.75 Å². The first-order chi connectivity index (χ1) is 14.6. The molecule has 3 aromatic carbocycles. The van der Waals surface area contributed by atoms with Crippen LogP contribution in [0.15, 0.2) is 46.0 Å². The first kappa shape index (κ1) is 22.7. The molecule has 0 heterocycles. The molecule has 0 saturated heterocycles. The maximum Gasteiger partial charge on any atom is 0.257 e. The highest BCUT2D eigenvalue weighted by Gasteiger charge is 2.25. The number of hydrogen-bond acceptors (Lipinski definition) is 6. The summed E-state index contributed by atoms with van der Waals surface area (Å²) < 4.78 is 0. The number of amides is 1. The van der Waals surface area contributed by atoms with Crippen molar-refractivity contribution in [1.82, 2.24) is 4.90 Å². The van der Waals surface area contributed by atoms with E-state index in [0.29, 0.717) is 16.5 Å². The zero-order chi connectivity index (χ0) is 22.9. The molecular formula is C22H21Cl2N3O4. The molecule has 1 unspecified atom stereocenters. The standard InChI is InChI=1S/C22H21Cl2N3O4/c1-4-15(11-8-9-13(23)14(24)10-11)25-17-18(21(30)20(17)29)26-16-7-5-6-12(19(16)28)22(31)27(2)3/h5-10,15,25-26,28H,4H2,1-3H3. The quantitative estimate of drug-likeness (QED) is 0.358. The fourth-order valence-corrected chi connectivity index (χ4v) is 3.47. The fourth-order valence-electron chi connectivity index (χ4n) is 3.17. The smallest absolute Gasteiger partial charge is 0.257 e. The maximum absolute atomic E-state index is 12.2. The molecule has 3 rings (SSSR count). The number of halogens is 2. The predicted octanol–water partition coefficient (Wildman–Crippen LogP) is 4.30. The van der Waals surface area contributed by atoms with Gasteiger partial charge in [-0.05, 0) is 36.2 Å². The van der Waals surface area contributed by atoms with Crippen molar-refractivity contribution in [2.45, 2.75) is 19.4 Å². The van der Waals surface area contributed by atoms with Gasteiger partial charge in [-0.15, -0.1) is 0 Å². The van der Waals surface area contributed by atoms with Crippen molar-refractivity contribution in [2.75, 3.05) is 24.7 Å². The van der Waals surface area contributed by atoms with Crippen LogP contribution < -0.4 is 21.5 Å². The number of carbonyl (C=O) groups excluding carboxylic acids is 1. The van der Waals surface area contributed by atoms with Gasteiger partial charge in [0.25, 0.3) is 16.8 Å². The third-order valence-electron chi connectivity index (χ3n) is 4.92. The Bertz CT molecular complexity index is 1220. The second-order valence-electron chi connectivity index (χ2n) is 7.21. The number of rotatable bonds is 7. The first-order valence-corrected chi connectivity index (χ1v) is 10.3. The second kappa shape index (κ2) is 8.99. The number of carbonyl (C=O) groups is 1. The van der Waals surface area contributed by atoms with E-state index < -0.39 is 16.8 Å². The number of hydrogen-bond donors (Lipinski definition) is 3. The highest BCUT2D eigenvalue weighted by molar-refractivity contribution is 6.42. The third-order valence-corrected chi connectivity index (χ3v) is 5.65. The summed E-state index contributed by atoms with van der Waals surface area (Å²) in [6, 6.07) is 9.41. The van der Waals surface area contributed by atoms with Gasteiger partial charge < -0.3 is 20.6 Å². The predicted molar refractivity (Wildman–Crippen MR) is 124 cm³/mol. The summed E-state index contributed by atoms with van der Waals surface area (Å²) in [5, 5.41) is 17.2. The van der Waals surface area contributed by atoms with Crippen LogP contribution in [0.25, 0.3) is 0 Å². The summed E-state index contributed by atoms with van der Waals surface area (Å²) >= 11 is 12.1. The molecule has 1 amide bonds. The molecule has 0 fully saturated rings. The average molecular weight is 462 g/mol. The Morgan fingerprint density at radius 2 is 1.74 bits per heavy atom. The van der Waals surface area contributed by atoms with E-state index in [-0.39, 0.29) is 34.4 Å². The lowest BCUT2D eigenvalue weighted by atomic mass is 10.0. The van der Waals surface area contributed by atoms with Gasteiger partial charge in [0.2, 0.25) is 0 Å². The molecule has 1 atom stereocenters. The Kier molecular flexibility index (Phi) is 6.57. The van der Waals surface area contributed by atoms with E-state index >= 15 is 0 Å². The molecule has 0 aliphatic carbocycles. The Hall–Kier alpha value is -3.03. The molecule has 0 aliphatic rings. The number of phenolic OH excluding ortho intramolecular Hbond substituents is 1. The summed E-state index contributed by atoms with van der Waals surface area (Å²) in [5.74, 6) is -0.702. The minimum absolute atomic E-state index is 0.0215. The number of para-hydroxylation sites is 1. The summed E-state index contributed by atoms with van der Waals surface area (Å²) in [6.07, 6.45) is 0.605. The molecule has 7 nitrogen and oxygen atoms in total. The zero-order valence-electron chi connectivity index (χ0n) is 17.1. The Labute approximate surface area is 188 Å². The summed E-state index contributed by atoms with van der Waals surface area (Å²) in [5.41, 5.74) is -0.232. The first-order valence-electron chi connectivity index (χ1n) is 9.51. The molecule has 0 aromatic heterocycles. The Morgan fingerprint density at radius 3 is 2.35 bits per heavy atom. The second-order valence-corrected chi connectivity index (χ2v) is 8.03. The largest absolute Gasteiger partial charge is 0.505 e. The van der Waals surface area contributed by atoms with Crippen LogP contribution in [-0.4, -0.2) is 30.0 Å². The molecule has 3 N–H and O–H groups in total.